The van der Waals surface area contributed by atoms with Crippen LogP contribution >= 0.6 is 128 Å². The summed E-state index contributed by atoms with van der Waals surface area (Å²) in [5.74, 6) is 4.21. The Morgan fingerprint density at radius 2 is 0.558 bits per heavy atom. The summed E-state index contributed by atoms with van der Waals surface area (Å²) in [5, 5.41) is 2.21. The second-order valence-electron chi connectivity index (χ2n) is 39.3. The molecule has 24 N–H and O–H groups in total. The van der Waals surface area contributed by atoms with Crippen molar-refractivity contribution < 1.29 is 23.7 Å². The Labute approximate surface area is 901 Å². The summed E-state index contributed by atoms with van der Waals surface area (Å²) >= 11 is 43.1. The normalized spacial score (nSPS) is 22.5. The zero-order valence-corrected chi connectivity index (χ0v) is 91.7. The van der Waals surface area contributed by atoms with E-state index >= 15 is 0 Å². The Morgan fingerprint density at radius 3 is 0.796 bits per heavy atom. The molecule has 18 heterocycles. The number of pyridine rings is 3. The predicted molar refractivity (Wildman–Crippen MR) is 586 cm³/mol. The highest BCUT2D eigenvalue weighted by Crippen LogP contribution is 2.50. The van der Waals surface area contributed by atoms with E-state index in [1.165, 1.54) is 56.8 Å². The van der Waals surface area contributed by atoms with Gasteiger partial charge in [-0.05, 0) is 140 Å². The second kappa shape index (κ2) is 45.9. The van der Waals surface area contributed by atoms with Gasteiger partial charge in [0.2, 0.25) is 29.7 Å². The smallest absolute Gasteiger partial charge is 0.270 e. The number of piperidine rings is 5. The van der Waals surface area contributed by atoms with Crippen LogP contribution < -0.4 is 121 Å². The lowest BCUT2D eigenvalue weighted by atomic mass is 9.73. The molecule has 10 aliphatic rings. The maximum absolute atomic E-state index is 13.1. The van der Waals surface area contributed by atoms with Gasteiger partial charge in [0.1, 0.15) is 65.2 Å². The molecule has 0 amide bonds. The lowest BCUT2D eigenvalue weighted by molar-refractivity contribution is 0.0972. The van der Waals surface area contributed by atoms with Gasteiger partial charge in [0.05, 0.1) is 100 Å². The van der Waals surface area contributed by atoms with E-state index in [0.717, 1.165) is 164 Å². The average Bonchev–Trinajstić information content (AvgIpc) is 1.46. The molecular weight excluding hydrogens is 2110 g/mol. The zero-order chi connectivity index (χ0) is 106. The number of rotatable bonds is 15. The molecule has 0 aliphatic carbocycles. The highest BCUT2D eigenvalue weighted by molar-refractivity contribution is 8.00. The number of anilines is 12. The van der Waals surface area contributed by atoms with E-state index in [9.17, 15) is 24.0 Å². The van der Waals surface area contributed by atoms with E-state index in [1.807, 2.05) is 39.8 Å². The first kappa shape index (κ1) is 111. The van der Waals surface area contributed by atoms with Crippen LogP contribution in [0.4, 0.5) is 70.5 Å². The Hall–Kier alpha value is -9.02. The molecule has 0 radical (unpaired) electrons. The molecule has 5 spiro atoms. The molecule has 40 nitrogen and oxygen atoms in total. The first-order valence-electron chi connectivity index (χ1n) is 48.3. The maximum atomic E-state index is 13.1. The Kier molecular flexibility index (Phi) is 34.5. The maximum Gasteiger partial charge on any atom is 0.270 e. The molecule has 51 heteroatoms. The van der Waals surface area contributed by atoms with Crippen LogP contribution in [0, 0.1) is 34.0 Å². The van der Waals surface area contributed by atoms with Crippen LogP contribution in [0.3, 0.4) is 0 Å². The summed E-state index contributed by atoms with van der Waals surface area (Å²) in [7, 11) is 8.58. The molecule has 10 aliphatic heterocycles. The Bertz CT molecular complexity index is 6540. The lowest BCUT2D eigenvalue weighted by Crippen LogP contribution is -2.51. The summed E-state index contributed by atoms with van der Waals surface area (Å²) in [6.07, 6.45) is 14.0. The summed E-state index contributed by atoms with van der Waals surface area (Å²) in [6.45, 7) is 20.2. The minimum Gasteiger partial charge on any atom is -0.382 e. The van der Waals surface area contributed by atoms with Crippen LogP contribution in [0.25, 0.3) is 0 Å². The van der Waals surface area contributed by atoms with E-state index in [0.29, 0.717) is 150 Å². The van der Waals surface area contributed by atoms with Gasteiger partial charge >= 0.3 is 0 Å². The van der Waals surface area contributed by atoms with Crippen molar-refractivity contribution in [2.45, 2.75) is 189 Å². The highest BCUT2D eigenvalue weighted by atomic mass is 35.5. The molecule has 0 unspecified atom stereocenters. The van der Waals surface area contributed by atoms with Gasteiger partial charge < -0.3 is 117 Å². The van der Waals surface area contributed by atoms with Crippen LogP contribution in [0.5, 0.6) is 0 Å². The van der Waals surface area contributed by atoms with Gasteiger partial charge in [0.15, 0.2) is 0 Å². The van der Waals surface area contributed by atoms with Crippen LogP contribution in [-0.4, -0.2) is 223 Å². The number of nitrogens with two attached hydrogens (primary N) is 12. The fraction of sp³-hybridized carbons (Fsp3) is 0.510. The Morgan fingerprint density at radius 1 is 0.313 bits per heavy atom. The molecule has 10 aromatic rings. The summed E-state index contributed by atoms with van der Waals surface area (Å²) in [4.78, 5) is 116. The van der Waals surface area contributed by atoms with E-state index in [1.54, 1.807) is 104 Å². The third-order valence-corrected chi connectivity index (χ3v) is 39.3. The molecule has 8 aromatic heterocycles. The number of benzene rings is 2. The molecular formula is C96H126Cl6N30O10S5. The van der Waals surface area contributed by atoms with E-state index in [2.05, 4.69) is 64.4 Å². The van der Waals surface area contributed by atoms with Gasteiger partial charge in [-0.25, -0.2) is 9.97 Å². The molecule has 2 aromatic carbocycles. The lowest BCUT2D eigenvalue weighted by Gasteiger charge is -2.41. The van der Waals surface area contributed by atoms with Crippen LogP contribution in [0.2, 0.25) is 30.1 Å². The number of halogens is 6. The third-order valence-electron chi connectivity index (χ3n) is 30.6. The van der Waals surface area contributed by atoms with E-state index < -0.39 is 0 Å². The number of nitrogens with zero attached hydrogens (tertiary/aromatic N) is 18. The number of hydrogen-bond acceptors (Lipinski definition) is 40. The quantitative estimate of drug-likeness (QED) is 0.0454. The second-order valence-corrected chi connectivity index (χ2v) is 46.9. The first-order chi connectivity index (χ1) is 69.9. The van der Waals surface area contributed by atoms with Crippen LogP contribution in [-0.2, 0) is 58.9 Å². The van der Waals surface area contributed by atoms with Crippen molar-refractivity contribution in [3.05, 3.63) is 167 Å². The Balaban J connectivity index is 0.000000131. The summed E-state index contributed by atoms with van der Waals surface area (Å²) in [5.41, 5.74) is 74.1. The minimum absolute atomic E-state index is 0.000549. The van der Waals surface area contributed by atoms with Crippen molar-refractivity contribution in [1.82, 2.24) is 62.7 Å². The van der Waals surface area contributed by atoms with Gasteiger partial charge in [-0.2, -0.15) is 24.9 Å². The largest absolute Gasteiger partial charge is 0.382 e. The van der Waals surface area contributed by atoms with Gasteiger partial charge in [-0.3, -0.25) is 51.8 Å². The predicted octanol–water partition coefficient (Wildman–Crippen LogP) is 10.0. The molecule has 792 valence electrons. The number of aromatic nitrogens is 13. The van der Waals surface area contributed by atoms with Crippen LogP contribution in [0.15, 0.2) is 152 Å². The van der Waals surface area contributed by atoms with Crippen molar-refractivity contribution in [2.75, 3.05) is 176 Å². The fourth-order valence-corrected chi connectivity index (χ4v) is 26.7. The van der Waals surface area contributed by atoms with Gasteiger partial charge in [-0.15, -0.1) is 0 Å². The number of hydrogen-bond donors (Lipinski definition) is 12. The monoisotopic (exact) mass is 2230 g/mol. The van der Waals surface area contributed by atoms with Gasteiger partial charge in [-0.1, -0.05) is 141 Å². The zero-order valence-electron chi connectivity index (χ0n) is 83.1. The standard InChI is InChI=1S/C20H25Cl2N5O2S.C20H28N6O2S.C19H23Cl2N5O2S.C19H26ClN7O2S.C18H24ClN7O2S/c1-11-16(23)20(10-29-11)6-8-27(9-7-20)19-25-17(24)15(18(28)26(19)2)30-13-5-3-4-12(21)14(13)22;1-12-14(5-4-8-23-12)29-15-17(22)24-19(25(3)18(15)27)26-9-6-20(7-10-26)11-28-13(2)16(20)21;1-25-17(27)15(29-12-4-2-3-11(20)14(12)21)16(23)24-18(25)26-7-5-19(6-8-26)10-28-9-13(19)22;1-10-14(21)19(9-29-10)4-7-27(8-5-19)18-25-16(23)13(17(28)26(18)2)30-11-3-6-24-15(22)12(11)20;1-25-16(27)13(29-10-2-5-23-14(21)12(10)19)15(22)24-17(25)26-6-3-18(4-7-26)9-28-8-11(18)20/h3-5,11,16H,6-10,23-24H2,1-2H3;4-5,8,13,16H,6-7,9-11,21-22H2,1-3H3;2-4,13H,5-10,22-23H2,1H3;3,6,10,14H,4-5,7-9,21,23H2,1-2H3,(H2,22,24);2,5,11H,3-4,6-9,20,22H2,1H3,(H2,21,23)/t11-,16+;13-,16+;13-;10-,14+;11-/m00101/s1. The van der Waals surface area contributed by atoms with Crippen molar-refractivity contribution >= 4 is 199 Å². The summed E-state index contributed by atoms with van der Waals surface area (Å²) in [6, 6.07) is 17.9. The fourth-order valence-electron chi connectivity index (χ4n) is 20.7. The molecule has 10 saturated heterocycles. The topological polar surface area (TPSA) is 588 Å². The van der Waals surface area contributed by atoms with Gasteiger partial charge in [0.25, 0.3) is 27.8 Å². The van der Waals surface area contributed by atoms with Crippen molar-refractivity contribution in [1.29, 1.82) is 0 Å². The van der Waals surface area contributed by atoms with Crippen LogP contribution in [0.1, 0.15) is 90.7 Å². The first-order valence-corrected chi connectivity index (χ1v) is 54.6. The molecule has 8 atom stereocenters. The number of aryl methyl sites for hydroxylation is 1. The minimum atomic E-state index is -0.233. The average molecular weight is 2230 g/mol. The highest BCUT2D eigenvalue weighted by Gasteiger charge is 2.53. The number of ether oxygens (including phenoxy) is 5. The van der Waals surface area contributed by atoms with E-state index in [4.69, 9.17) is 162 Å². The molecule has 0 saturated carbocycles. The van der Waals surface area contributed by atoms with E-state index in [-0.39, 0.29) is 144 Å². The van der Waals surface area contributed by atoms with Gasteiger partial charge in [0, 0.05) is 201 Å². The molecule has 147 heavy (non-hydrogen) atoms. The summed E-state index contributed by atoms with van der Waals surface area (Å²) < 4.78 is 36.3. The van der Waals surface area contributed by atoms with Crippen molar-refractivity contribution in [3.8, 4) is 0 Å². The number of nitrogen functional groups attached to an aromatic ring is 7. The SMILES string of the molecule is C[C@@H]1OCC2(CCN(c3nc(N)c(Sc4cccc(Cl)c4Cl)c(=O)n3C)CC2)[C@@H]1N.C[C@@H]1OCC2(CCN(c3nc(N)c(Sc4ccnc(N)c4Cl)c(=O)n3C)CC2)[C@@H]1N.Cc1ncccc1Sc1c(N)nc(N2CCC3(CC2)CO[C@@H](C)[C@H]3N)n(C)c1=O.Cn1c(N2CCC3(CC2)COC[C@H]3N)nc(N)c(Sc2cccc(Cl)c2Cl)c1=O.Cn1c(N2CCC3(CC2)COC[C@H]3N)nc(N)c(Sc2ccnc(N)c2Cl)c1=O. The third kappa shape index (κ3) is 22.6. The van der Waals surface area contributed by atoms with Crippen molar-refractivity contribution in [3.63, 3.8) is 0 Å². The molecule has 0 bridgehead atoms. The van der Waals surface area contributed by atoms with Crippen molar-refractivity contribution in [2.24, 2.45) is 91.0 Å². The molecule has 20 rings (SSSR count). The molecule has 10 fully saturated rings.